The Labute approximate surface area is 122 Å². The molecule has 0 heterocycles. The maximum absolute atomic E-state index is 13.3. The number of unbranched alkanes of at least 4 members (excludes halogenated alkanes) is 2. The molecule has 21 heavy (non-hydrogen) atoms. The van der Waals surface area contributed by atoms with Gasteiger partial charge in [-0.25, -0.2) is 22.3 Å². The van der Waals surface area contributed by atoms with E-state index in [0.29, 0.717) is 19.3 Å². The predicted molar refractivity (Wildman–Crippen MR) is 72.4 cm³/mol. The molecule has 0 aliphatic carbocycles. The van der Waals surface area contributed by atoms with Crippen molar-refractivity contribution in [1.29, 1.82) is 5.26 Å². The summed E-state index contributed by atoms with van der Waals surface area (Å²) in [5.74, 6) is -1.63. The molecule has 0 radical (unpaired) electrons. The molecule has 0 spiro atoms. The van der Waals surface area contributed by atoms with Gasteiger partial charge >= 0.3 is 5.97 Å². The summed E-state index contributed by atoms with van der Waals surface area (Å²) in [6.07, 6.45) is 1.34. The van der Waals surface area contributed by atoms with Gasteiger partial charge in [0.05, 0.1) is 23.6 Å². The highest BCUT2D eigenvalue weighted by atomic mass is 32.2. The number of nitrogens with one attached hydrogen (secondary N) is 1. The minimum Gasteiger partial charge on any atom is -0.465 e. The van der Waals surface area contributed by atoms with E-state index in [9.17, 15) is 17.6 Å². The number of nitriles is 1. The third-order valence-electron chi connectivity index (χ3n) is 2.65. The number of carbonyl (C=O) groups excluding carboxylic acids is 1. The number of benzene rings is 1. The highest BCUT2D eigenvalue weighted by molar-refractivity contribution is 7.89. The fraction of sp³-hybridized carbons (Fsp3) is 0.385. The zero-order valence-corrected chi connectivity index (χ0v) is 12.2. The summed E-state index contributed by atoms with van der Waals surface area (Å²) in [5, 5.41) is 8.38. The van der Waals surface area contributed by atoms with Crippen molar-refractivity contribution in [2.45, 2.75) is 24.2 Å². The molecule has 1 N–H and O–H groups in total. The van der Waals surface area contributed by atoms with Gasteiger partial charge in [0.2, 0.25) is 10.0 Å². The number of hydrogen-bond acceptors (Lipinski definition) is 5. The van der Waals surface area contributed by atoms with Gasteiger partial charge in [0, 0.05) is 13.0 Å². The minimum absolute atomic E-state index is 0.0984. The zero-order chi connectivity index (χ0) is 15.9. The zero-order valence-electron chi connectivity index (χ0n) is 11.4. The van der Waals surface area contributed by atoms with Gasteiger partial charge in [0.15, 0.2) is 0 Å². The average Bonchev–Trinajstić information content (AvgIpc) is 2.46. The summed E-state index contributed by atoms with van der Waals surface area (Å²) in [4.78, 5) is 11.1. The van der Waals surface area contributed by atoms with E-state index in [2.05, 4.69) is 9.46 Å². The molecular weight excluding hydrogens is 299 g/mol. The topological polar surface area (TPSA) is 96.3 Å². The normalized spacial score (nSPS) is 10.9. The van der Waals surface area contributed by atoms with E-state index in [1.807, 2.05) is 6.07 Å². The van der Waals surface area contributed by atoms with Crippen LogP contribution in [0.3, 0.4) is 0 Å². The van der Waals surface area contributed by atoms with E-state index in [-0.39, 0.29) is 12.1 Å². The number of hydrogen-bond donors (Lipinski definition) is 1. The molecule has 0 saturated heterocycles. The Hall–Kier alpha value is -1.98. The summed E-state index contributed by atoms with van der Waals surface area (Å²) in [7, 11) is -2.92. The second-order valence-electron chi connectivity index (χ2n) is 4.15. The smallest absolute Gasteiger partial charge is 0.339 e. The van der Waals surface area contributed by atoms with Crippen molar-refractivity contribution >= 4 is 16.0 Å². The predicted octanol–water partition coefficient (Wildman–Crippen LogP) is 1.58. The van der Waals surface area contributed by atoms with Crippen LogP contribution in [0.1, 0.15) is 29.6 Å². The van der Waals surface area contributed by atoms with Crippen LogP contribution < -0.4 is 4.72 Å². The molecule has 0 bridgehead atoms. The second kappa shape index (κ2) is 7.71. The summed E-state index contributed by atoms with van der Waals surface area (Å²) < 4.78 is 44.2. The number of methoxy groups -OCH3 is 1. The molecule has 0 amide bonds. The molecule has 0 aliphatic rings. The highest BCUT2D eigenvalue weighted by Crippen LogP contribution is 2.18. The van der Waals surface area contributed by atoms with Crippen LogP contribution in [0.4, 0.5) is 4.39 Å². The Balaban J connectivity index is 2.94. The summed E-state index contributed by atoms with van der Waals surface area (Å²) in [6.45, 7) is 0.0984. The molecule has 114 valence electrons. The number of halogens is 1. The number of esters is 1. The maximum Gasteiger partial charge on any atom is 0.339 e. The second-order valence-corrected chi connectivity index (χ2v) is 5.88. The van der Waals surface area contributed by atoms with Crippen LogP contribution in [-0.2, 0) is 14.8 Å². The Bertz CT molecular complexity index is 653. The Morgan fingerprint density at radius 2 is 2.14 bits per heavy atom. The molecule has 6 nitrogen and oxygen atoms in total. The lowest BCUT2D eigenvalue weighted by atomic mass is 10.2. The van der Waals surface area contributed by atoms with Crippen molar-refractivity contribution in [3.63, 3.8) is 0 Å². The standard InChI is InChI=1S/C13H15FN2O4S/c1-20-13(17)11-6-5-10(14)9-12(11)21(18,19)16-8-4-2-3-7-15/h5-6,9,16H,2-4,8H2,1H3. The van der Waals surface area contributed by atoms with Gasteiger partial charge in [0.25, 0.3) is 0 Å². The first-order valence-corrected chi connectivity index (χ1v) is 7.65. The van der Waals surface area contributed by atoms with Crippen LogP contribution in [0, 0.1) is 17.1 Å². The lowest BCUT2D eigenvalue weighted by Crippen LogP contribution is -2.27. The monoisotopic (exact) mass is 314 g/mol. The van der Waals surface area contributed by atoms with Gasteiger partial charge in [-0.05, 0) is 31.0 Å². The Morgan fingerprint density at radius 1 is 1.43 bits per heavy atom. The molecule has 0 atom stereocenters. The summed E-state index contributed by atoms with van der Waals surface area (Å²) in [5.41, 5.74) is -0.233. The van der Waals surface area contributed by atoms with Crippen LogP contribution in [0.15, 0.2) is 23.1 Å². The third-order valence-corrected chi connectivity index (χ3v) is 4.15. The van der Waals surface area contributed by atoms with Crippen molar-refractivity contribution in [3.05, 3.63) is 29.6 Å². The molecule has 0 aliphatic heterocycles. The van der Waals surface area contributed by atoms with E-state index < -0.39 is 26.7 Å². The van der Waals surface area contributed by atoms with Crippen molar-refractivity contribution in [3.8, 4) is 6.07 Å². The van der Waals surface area contributed by atoms with E-state index in [0.717, 1.165) is 25.3 Å². The summed E-state index contributed by atoms with van der Waals surface area (Å²) >= 11 is 0. The van der Waals surface area contributed by atoms with E-state index in [1.54, 1.807) is 0 Å². The number of ether oxygens (including phenoxy) is 1. The largest absolute Gasteiger partial charge is 0.465 e. The lowest BCUT2D eigenvalue weighted by molar-refractivity contribution is 0.0596. The first-order valence-electron chi connectivity index (χ1n) is 6.17. The van der Waals surface area contributed by atoms with E-state index in [4.69, 9.17) is 5.26 Å². The fourth-order valence-corrected chi connectivity index (χ4v) is 2.89. The van der Waals surface area contributed by atoms with E-state index >= 15 is 0 Å². The SMILES string of the molecule is COC(=O)c1ccc(F)cc1S(=O)(=O)NCCCCC#N. The minimum atomic E-state index is -4.03. The number of sulfonamides is 1. The van der Waals surface area contributed by atoms with Crippen LogP contribution in [0.2, 0.25) is 0 Å². The van der Waals surface area contributed by atoms with Gasteiger partial charge in [-0.2, -0.15) is 5.26 Å². The van der Waals surface area contributed by atoms with Gasteiger partial charge in [0.1, 0.15) is 5.82 Å². The highest BCUT2D eigenvalue weighted by Gasteiger charge is 2.23. The van der Waals surface area contributed by atoms with Crippen LogP contribution >= 0.6 is 0 Å². The van der Waals surface area contributed by atoms with Crippen molar-refractivity contribution < 1.29 is 22.3 Å². The summed E-state index contributed by atoms with van der Waals surface area (Å²) in [6, 6.07) is 4.76. The third kappa shape index (κ3) is 4.81. The van der Waals surface area contributed by atoms with Crippen LogP contribution in [0.25, 0.3) is 0 Å². The van der Waals surface area contributed by atoms with E-state index in [1.165, 1.54) is 0 Å². The molecule has 0 fully saturated rings. The number of carbonyl (C=O) groups is 1. The molecular formula is C13H15FN2O4S. The van der Waals surface area contributed by atoms with Gasteiger partial charge in [-0.15, -0.1) is 0 Å². The van der Waals surface area contributed by atoms with Crippen molar-refractivity contribution in [2.75, 3.05) is 13.7 Å². The fourth-order valence-electron chi connectivity index (χ4n) is 1.61. The average molecular weight is 314 g/mol. The maximum atomic E-state index is 13.3. The van der Waals surface area contributed by atoms with Crippen LogP contribution in [0.5, 0.6) is 0 Å². The molecule has 1 rings (SSSR count). The quantitative estimate of drug-likeness (QED) is 0.609. The first kappa shape index (κ1) is 17.1. The molecule has 8 heteroatoms. The van der Waals surface area contributed by atoms with Gasteiger partial charge in [-0.3, -0.25) is 0 Å². The molecule has 0 unspecified atom stereocenters. The van der Waals surface area contributed by atoms with Crippen molar-refractivity contribution in [1.82, 2.24) is 4.72 Å². The number of rotatable bonds is 7. The Kier molecular flexibility index (Phi) is 6.27. The van der Waals surface area contributed by atoms with Gasteiger partial charge in [-0.1, -0.05) is 0 Å². The molecule has 1 aromatic rings. The van der Waals surface area contributed by atoms with Crippen molar-refractivity contribution in [2.24, 2.45) is 0 Å². The molecule has 1 aromatic carbocycles. The molecule has 0 saturated carbocycles. The van der Waals surface area contributed by atoms with Crippen LogP contribution in [-0.4, -0.2) is 28.0 Å². The van der Waals surface area contributed by atoms with Gasteiger partial charge < -0.3 is 4.74 Å². The first-order chi connectivity index (χ1) is 9.92. The Morgan fingerprint density at radius 3 is 2.76 bits per heavy atom. The lowest BCUT2D eigenvalue weighted by Gasteiger charge is -2.10. The molecule has 0 aromatic heterocycles. The number of nitrogens with zero attached hydrogens (tertiary/aromatic N) is 1.